The molecule has 0 radical (unpaired) electrons. The van der Waals surface area contributed by atoms with Crippen molar-refractivity contribution in [1.29, 1.82) is 0 Å². The van der Waals surface area contributed by atoms with Gasteiger partial charge in [-0.15, -0.1) is 0 Å². The molecule has 1 unspecified atom stereocenters. The van der Waals surface area contributed by atoms with Crippen LogP contribution in [0.5, 0.6) is 0 Å². The first-order valence-corrected chi connectivity index (χ1v) is 8.50. The number of nitrogens with two attached hydrogens (primary N) is 1. The Labute approximate surface area is 136 Å². The van der Waals surface area contributed by atoms with Crippen molar-refractivity contribution < 1.29 is 4.39 Å². The van der Waals surface area contributed by atoms with E-state index in [1.807, 2.05) is 12.1 Å². The third-order valence-electron chi connectivity index (χ3n) is 4.93. The van der Waals surface area contributed by atoms with E-state index in [1.54, 1.807) is 0 Å². The summed E-state index contributed by atoms with van der Waals surface area (Å²) in [6, 6.07) is 5.93. The molecule has 0 saturated heterocycles. The quantitative estimate of drug-likeness (QED) is 0.860. The van der Waals surface area contributed by atoms with Crippen LogP contribution in [-0.2, 0) is 0 Å². The van der Waals surface area contributed by atoms with E-state index in [1.165, 1.54) is 31.7 Å². The molecular formula is C17H26BrFN2. The summed E-state index contributed by atoms with van der Waals surface area (Å²) in [5, 5.41) is 0. The van der Waals surface area contributed by atoms with Gasteiger partial charge in [0.05, 0.1) is 4.47 Å². The first-order chi connectivity index (χ1) is 9.84. The van der Waals surface area contributed by atoms with Crippen molar-refractivity contribution in [3.05, 3.63) is 34.1 Å². The number of halogens is 2. The Hall–Kier alpha value is -0.450. The van der Waals surface area contributed by atoms with E-state index < -0.39 is 0 Å². The van der Waals surface area contributed by atoms with Crippen LogP contribution in [0.4, 0.5) is 4.39 Å². The zero-order chi connectivity index (χ0) is 15.6. The molecule has 1 aromatic carbocycles. The van der Waals surface area contributed by atoms with Crippen LogP contribution in [0.1, 0.15) is 51.1 Å². The molecule has 0 aliphatic heterocycles. The molecule has 1 aliphatic rings. The van der Waals surface area contributed by atoms with Gasteiger partial charge in [0, 0.05) is 18.6 Å². The topological polar surface area (TPSA) is 29.3 Å². The average molecular weight is 357 g/mol. The maximum Gasteiger partial charge on any atom is 0.137 e. The second-order valence-corrected chi connectivity index (χ2v) is 7.84. The molecular weight excluding hydrogens is 331 g/mol. The minimum Gasteiger partial charge on any atom is -0.329 e. The van der Waals surface area contributed by atoms with Crippen LogP contribution in [0.3, 0.4) is 0 Å². The third-order valence-corrected chi connectivity index (χ3v) is 5.54. The van der Waals surface area contributed by atoms with Crippen LogP contribution in [0, 0.1) is 11.2 Å². The highest BCUT2D eigenvalue weighted by molar-refractivity contribution is 9.10. The van der Waals surface area contributed by atoms with Crippen molar-refractivity contribution in [2.24, 2.45) is 11.1 Å². The monoisotopic (exact) mass is 356 g/mol. The number of rotatable bonds is 4. The second kappa shape index (κ2) is 6.76. The highest BCUT2D eigenvalue weighted by Crippen LogP contribution is 2.38. The zero-order valence-electron chi connectivity index (χ0n) is 13.2. The Balaban J connectivity index is 2.11. The van der Waals surface area contributed by atoms with Crippen LogP contribution in [-0.4, -0.2) is 24.5 Å². The summed E-state index contributed by atoms with van der Waals surface area (Å²) in [6.45, 7) is 5.25. The van der Waals surface area contributed by atoms with E-state index >= 15 is 0 Å². The molecule has 0 amide bonds. The minimum absolute atomic E-state index is 0.146. The van der Waals surface area contributed by atoms with Gasteiger partial charge in [-0.3, -0.25) is 4.90 Å². The van der Waals surface area contributed by atoms with Crippen molar-refractivity contribution >= 4 is 15.9 Å². The molecule has 21 heavy (non-hydrogen) atoms. The highest BCUT2D eigenvalue weighted by atomic mass is 79.9. The molecule has 2 rings (SSSR count). The van der Waals surface area contributed by atoms with E-state index in [4.69, 9.17) is 5.73 Å². The average Bonchev–Trinajstić information content (AvgIpc) is 2.43. The first-order valence-electron chi connectivity index (χ1n) is 7.71. The Morgan fingerprint density at radius 1 is 1.38 bits per heavy atom. The molecule has 0 aromatic heterocycles. The molecule has 0 bridgehead atoms. The fourth-order valence-corrected chi connectivity index (χ4v) is 3.70. The zero-order valence-corrected chi connectivity index (χ0v) is 14.8. The summed E-state index contributed by atoms with van der Waals surface area (Å²) in [5.74, 6) is -0.225. The fraction of sp³-hybridized carbons (Fsp3) is 0.647. The van der Waals surface area contributed by atoms with Gasteiger partial charge >= 0.3 is 0 Å². The molecule has 0 spiro atoms. The van der Waals surface area contributed by atoms with Gasteiger partial charge in [0.15, 0.2) is 0 Å². The molecule has 0 heterocycles. The number of hydrogen-bond donors (Lipinski definition) is 1. The van der Waals surface area contributed by atoms with Gasteiger partial charge in [-0.25, -0.2) is 4.39 Å². The molecule has 1 aromatic rings. The number of nitrogens with zero attached hydrogens (tertiary/aromatic N) is 1. The molecule has 2 nitrogen and oxygen atoms in total. The van der Waals surface area contributed by atoms with Crippen LogP contribution >= 0.6 is 15.9 Å². The van der Waals surface area contributed by atoms with Crippen molar-refractivity contribution in [3.8, 4) is 0 Å². The molecule has 2 N–H and O–H groups in total. The van der Waals surface area contributed by atoms with Crippen LogP contribution in [0.25, 0.3) is 0 Å². The largest absolute Gasteiger partial charge is 0.329 e. The Morgan fingerprint density at radius 3 is 2.52 bits per heavy atom. The van der Waals surface area contributed by atoms with Crippen molar-refractivity contribution in [1.82, 2.24) is 4.90 Å². The van der Waals surface area contributed by atoms with E-state index in [2.05, 4.69) is 41.7 Å². The van der Waals surface area contributed by atoms with Gasteiger partial charge in [0.2, 0.25) is 0 Å². The lowest BCUT2D eigenvalue weighted by atomic mass is 9.75. The van der Waals surface area contributed by atoms with Gasteiger partial charge in [0.1, 0.15) is 5.82 Å². The molecule has 118 valence electrons. The summed E-state index contributed by atoms with van der Waals surface area (Å²) in [7, 11) is 2.15. The Morgan fingerprint density at radius 2 is 2.00 bits per heavy atom. The van der Waals surface area contributed by atoms with Gasteiger partial charge in [-0.05, 0) is 71.8 Å². The van der Waals surface area contributed by atoms with Crippen molar-refractivity contribution in [2.45, 2.75) is 51.6 Å². The van der Waals surface area contributed by atoms with Gasteiger partial charge < -0.3 is 5.73 Å². The predicted molar refractivity (Wildman–Crippen MR) is 89.7 cm³/mol. The predicted octanol–water partition coefficient (Wildman–Crippen LogP) is 4.49. The van der Waals surface area contributed by atoms with Crippen LogP contribution in [0.15, 0.2) is 22.7 Å². The van der Waals surface area contributed by atoms with Gasteiger partial charge in [0.25, 0.3) is 0 Å². The molecule has 1 saturated carbocycles. The minimum atomic E-state index is -0.225. The van der Waals surface area contributed by atoms with Gasteiger partial charge in [-0.1, -0.05) is 19.9 Å². The van der Waals surface area contributed by atoms with Crippen LogP contribution in [0.2, 0.25) is 0 Å². The molecule has 1 fully saturated rings. The second-order valence-electron chi connectivity index (χ2n) is 6.99. The van der Waals surface area contributed by atoms with Crippen molar-refractivity contribution in [3.63, 3.8) is 0 Å². The summed E-state index contributed by atoms with van der Waals surface area (Å²) < 4.78 is 13.9. The summed E-state index contributed by atoms with van der Waals surface area (Å²) in [5.41, 5.74) is 7.55. The smallest absolute Gasteiger partial charge is 0.137 e. The number of likely N-dealkylation sites (N-methyl/N-ethyl adjacent to an activating group) is 1. The third kappa shape index (κ3) is 4.05. The lowest BCUT2D eigenvalue weighted by molar-refractivity contribution is 0.0966. The fourth-order valence-electron chi connectivity index (χ4n) is 3.30. The van der Waals surface area contributed by atoms with Crippen molar-refractivity contribution in [2.75, 3.05) is 13.6 Å². The van der Waals surface area contributed by atoms with E-state index in [9.17, 15) is 4.39 Å². The SMILES string of the molecule is CN(C1CCC(C)(C)CC1)C(CN)c1ccc(F)c(Br)c1. The van der Waals surface area contributed by atoms with E-state index in [0.717, 1.165) is 5.56 Å². The molecule has 1 aliphatic carbocycles. The maximum absolute atomic E-state index is 13.4. The summed E-state index contributed by atoms with van der Waals surface area (Å²) in [6.07, 6.45) is 4.93. The van der Waals surface area contributed by atoms with Crippen LogP contribution < -0.4 is 5.73 Å². The maximum atomic E-state index is 13.4. The number of benzene rings is 1. The Kier molecular flexibility index (Phi) is 5.44. The summed E-state index contributed by atoms with van der Waals surface area (Å²) in [4.78, 5) is 2.38. The molecule has 4 heteroatoms. The first kappa shape index (κ1) is 16.9. The number of hydrogen-bond acceptors (Lipinski definition) is 2. The standard InChI is InChI=1S/C17H26BrFN2/c1-17(2)8-6-13(7-9-17)21(3)16(11-20)12-4-5-15(19)14(18)10-12/h4-5,10,13,16H,6-9,11,20H2,1-3H3. The lowest BCUT2D eigenvalue weighted by Crippen LogP contribution is -2.41. The summed E-state index contributed by atoms with van der Waals surface area (Å²) >= 11 is 3.27. The van der Waals surface area contributed by atoms with E-state index in [-0.39, 0.29) is 11.9 Å². The van der Waals surface area contributed by atoms with E-state index in [0.29, 0.717) is 22.5 Å². The van der Waals surface area contributed by atoms with Gasteiger partial charge in [-0.2, -0.15) is 0 Å². The highest BCUT2D eigenvalue weighted by Gasteiger charge is 2.31. The normalized spacial score (nSPS) is 20.7. The molecule has 1 atom stereocenters. The Bertz CT molecular complexity index is 480. The lowest BCUT2D eigenvalue weighted by Gasteiger charge is -2.41.